The minimum atomic E-state index is -0.888. The zero-order chi connectivity index (χ0) is 16.5. The molecule has 0 saturated heterocycles. The Hall–Kier alpha value is -2.89. The highest BCUT2D eigenvalue weighted by Crippen LogP contribution is 2.13. The fourth-order valence-electron chi connectivity index (χ4n) is 1.82. The normalized spacial score (nSPS) is 10.7. The van der Waals surface area contributed by atoms with Gasteiger partial charge in [-0.05, 0) is 35.4 Å². The second kappa shape index (κ2) is 8.53. The van der Waals surface area contributed by atoms with E-state index in [0.29, 0.717) is 11.3 Å². The van der Waals surface area contributed by atoms with E-state index in [1.807, 2.05) is 0 Å². The third-order valence-electron chi connectivity index (χ3n) is 2.84. The first kappa shape index (κ1) is 16.5. The Kier molecular flexibility index (Phi) is 6.11. The Morgan fingerprint density at radius 2 is 1.96 bits per heavy atom. The Balaban J connectivity index is 1.71. The Labute approximate surface area is 133 Å². The number of hydrogen-bond donors (Lipinski definition) is 1. The van der Waals surface area contributed by atoms with E-state index in [9.17, 15) is 9.18 Å². The van der Waals surface area contributed by atoms with E-state index >= 15 is 0 Å². The molecule has 5 nitrogen and oxygen atoms in total. The summed E-state index contributed by atoms with van der Waals surface area (Å²) in [6.07, 6.45) is 1.43. The minimum Gasteiger partial charge on any atom is -0.490 e. The summed E-state index contributed by atoms with van der Waals surface area (Å²) in [5, 5.41) is 12.5. The molecule has 0 spiro atoms. The van der Waals surface area contributed by atoms with Gasteiger partial charge in [0.15, 0.2) is 6.61 Å². The first-order chi connectivity index (χ1) is 11.1. The summed E-state index contributed by atoms with van der Waals surface area (Å²) in [4.78, 5) is 15.7. The molecular weight excluding hydrogens is 301 g/mol. The topological polar surface area (TPSA) is 68.1 Å². The van der Waals surface area contributed by atoms with Gasteiger partial charge in [0.1, 0.15) is 18.2 Å². The summed E-state index contributed by atoms with van der Waals surface area (Å²) in [5.74, 6) is -0.614. The zero-order valence-corrected chi connectivity index (χ0v) is 12.3. The molecule has 0 aliphatic heterocycles. The van der Waals surface area contributed by atoms with Crippen LogP contribution in [0.5, 0.6) is 5.75 Å². The standard InChI is InChI=1S/C17H16FNO4/c18-15-6-4-13(5-7-15)12-19-23-9-8-22-16-3-1-2-14(10-16)11-17(20)21/h1-7,10,12H,8-9,11H2,(H,20,21). The maximum Gasteiger partial charge on any atom is 0.307 e. The molecule has 0 saturated carbocycles. The number of halogens is 1. The minimum absolute atomic E-state index is 0.0460. The molecule has 23 heavy (non-hydrogen) atoms. The quantitative estimate of drug-likeness (QED) is 0.462. The van der Waals surface area contributed by atoms with Crippen LogP contribution < -0.4 is 4.74 Å². The van der Waals surface area contributed by atoms with E-state index in [0.717, 1.165) is 5.56 Å². The molecule has 1 N–H and O–H groups in total. The number of oxime groups is 1. The van der Waals surface area contributed by atoms with Crippen molar-refractivity contribution < 1.29 is 23.9 Å². The number of rotatable bonds is 8. The van der Waals surface area contributed by atoms with Gasteiger partial charge in [0.05, 0.1) is 12.6 Å². The van der Waals surface area contributed by atoms with E-state index in [-0.39, 0.29) is 25.5 Å². The predicted molar refractivity (Wildman–Crippen MR) is 83.2 cm³/mol. The lowest BCUT2D eigenvalue weighted by Crippen LogP contribution is -2.05. The molecule has 2 aromatic rings. The van der Waals surface area contributed by atoms with Crippen LogP contribution in [0.15, 0.2) is 53.7 Å². The van der Waals surface area contributed by atoms with E-state index < -0.39 is 5.97 Å². The lowest BCUT2D eigenvalue weighted by Gasteiger charge is -2.06. The lowest BCUT2D eigenvalue weighted by atomic mass is 10.1. The van der Waals surface area contributed by atoms with Gasteiger partial charge in [-0.1, -0.05) is 29.4 Å². The van der Waals surface area contributed by atoms with Crippen molar-refractivity contribution >= 4 is 12.2 Å². The molecule has 0 aliphatic rings. The van der Waals surface area contributed by atoms with Gasteiger partial charge >= 0.3 is 5.97 Å². The molecule has 0 radical (unpaired) electrons. The van der Waals surface area contributed by atoms with Gasteiger partial charge in [0, 0.05) is 0 Å². The third-order valence-corrected chi connectivity index (χ3v) is 2.84. The first-order valence-electron chi connectivity index (χ1n) is 6.98. The molecule has 2 aromatic carbocycles. The monoisotopic (exact) mass is 317 g/mol. The highest BCUT2D eigenvalue weighted by atomic mass is 19.1. The number of ether oxygens (including phenoxy) is 1. The Bertz CT molecular complexity index is 671. The molecule has 0 aliphatic carbocycles. The van der Waals surface area contributed by atoms with Crippen LogP contribution >= 0.6 is 0 Å². The molecule has 0 unspecified atom stereocenters. The molecule has 0 fully saturated rings. The largest absolute Gasteiger partial charge is 0.490 e. The van der Waals surface area contributed by atoms with Gasteiger partial charge in [-0.25, -0.2) is 4.39 Å². The SMILES string of the molecule is O=C(O)Cc1cccc(OCCON=Cc2ccc(F)cc2)c1. The zero-order valence-electron chi connectivity index (χ0n) is 12.3. The van der Waals surface area contributed by atoms with E-state index in [1.165, 1.54) is 18.3 Å². The Morgan fingerprint density at radius 3 is 2.70 bits per heavy atom. The van der Waals surface area contributed by atoms with Crippen LogP contribution in [0.25, 0.3) is 0 Å². The predicted octanol–water partition coefficient (Wildman–Crippen LogP) is 2.88. The van der Waals surface area contributed by atoms with Crippen LogP contribution in [0.3, 0.4) is 0 Å². The maximum atomic E-state index is 12.7. The summed E-state index contributed by atoms with van der Waals surface area (Å²) in [7, 11) is 0. The van der Waals surface area contributed by atoms with Crippen LogP contribution in [0.1, 0.15) is 11.1 Å². The number of benzene rings is 2. The molecule has 0 bridgehead atoms. The average molecular weight is 317 g/mol. The average Bonchev–Trinajstić information content (AvgIpc) is 2.52. The van der Waals surface area contributed by atoms with Crippen molar-refractivity contribution in [3.05, 3.63) is 65.5 Å². The summed E-state index contributed by atoms with van der Waals surface area (Å²) in [6, 6.07) is 12.7. The molecule has 6 heteroatoms. The van der Waals surface area contributed by atoms with Crippen molar-refractivity contribution in [2.24, 2.45) is 5.16 Å². The van der Waals surface area contributed by atoms with Crippen LogP contribution in [0.4, 0.5) is 4.39 Å². The summed E-state index contributed by atoms with van der Waals surface area (Å²) in [5.41, 5.74) is 1.40. The second-order valence-electron chi connectivity index (χ2n) is 4.69. The fourth-order valence-corrected chi connectivity index (χ4v) is 1.82. The lowest BCUT2D eigenvalue weighted by molar-refractivity contribution is -0.136. The van der Waals surface area contributed by atoms with Gasteiger partial charge < -0.3 is 14.7 Å². The van der Waals surface area contributed by atoms with Crippen molar-refractivity contribution in [3.63, 3.8) is 0 Å². The second-order valence-corrected chi connectivity index (χ2v) is 4.69. The smallest absolute Gasteiger partial charge is 0.307 e. The number of carboxylic acid groups (broad SMARTS) is 1. The van der Waals surface area contributed by atoms with Crippen LogP contribution in [0, 0.1) is 5.82 Å². The van der Waals surface area contributed by atoms with E-state index in [1.54, 1.807) is 36.4 Å². The fraction of sp³-hybridized carbons (Fsp3) is 0.176. The van der Waals surface area contributed by atoms with Gasteiger partial charge in [-0.15, -0.1) is 0 Å². The van der Waals surface area contributed by atoms with E-state index in [2.05, 4.69) is 5.16 Å². The maximum absolute atomic E-state index is 12.7. The molecule has 0 heterocycles. The van der Waals surface area contributed by atoms with Gasteiger partial charge in [0.2, 0.25) is 0 Å². The van der Waals surface area contributed by atoms with Crippen molar-refractivity contribution in [2.75, 3.05) is 13.2 Å². The molecule has 2 rings (SSSR count). The Morgan fingerprint density at radius 1 is 1.17 bits per heavy atom. The van der Waals surface area contributed by atoms with Crippen molar-refractivity contribution in [1.82, 2.24) is 0 Å². The number of hydrogen-bond acceptors (Lipinski definition) is 4. The number of carbonyl (C=O) groups is 1. The third kappa shape index (κ3) is 6.17. The molecular formula is C17H16FNO4. The molecule has 0 amide bonds. The van der Waals surface area contributed by atoms with Crippen LogP contribution in [-0.4, -0.2) is 30.5 Å². The van der Waals surface area contributed by atoms with Gasteiger partial charge in [0.25, 0.3) is 0 Å². The molecule has 0 aromatic heterocycles. The van der Waals surface area contributed by atoms with Crippen LogP contribution in [0.2, 0.25) is 0 Å². The van der Waals surface area contributed by atoms with Crippen molar-refractivity contribution in [1.29, 1.82) is 0 Å². The number of nitrogens with zero attached hydrogens (tertiary/aromatic N) is 1. The van der Waals surface area contributed by atoms with Crippen molar-refractivity contribution in [3.8, 4) is 5.75 Å². The summed E-state index contributed by atoms with van der Waals surface area (Å²) in [6.45, 7) is 0.512. The van der Waals surface area contributed by atoms with Crippen molar-refractivity contribution in [2.45, 2.75) is 6.42 Å². The van der Waals surface area contributed by atoms with Gasteiger partial charge in [-0.2, -0.15) is 0 Å². The summed E-state index contributed by atoms with van der Waals surface area (Å²) < 4.78 is 18.2. The number of carboxylic acids is 1. The molecule has 120 valence electrons. The molecule has 0 atom stereocenters. The highest BCUT2D eigenvalue weighted by Gasteiger charge is 2.02. The first-order valence-corrected chi connectivity index (χ1v) is 6.98. The van der Waals surface area contributed by atoms with Gasteiger partial charge in [-0.3, -0.25) is 4.79 Å². The van der Waals surface area contributed by atoms with Crippen LogP contribution in [-0.2, 0) is 16.1 Å². The highest BCUT2D eigenvalue weighted by molar-refractivity contribution is 5.78. The summed E-state index contributed by atoms with van der Waals surface area (Å²) >= 11 is 0. The number of aliphatic carboxylic acids is 1. The van der Waals surface area contributed by atoms with E-state index in [4.69, 9.17) is 14.7 Å².